The standard InChI is InChI=1S/C27H27N5O4S/c1-17-13-22-27(29-17)23(32-21-5-3-4-6-26(21)37(2,33)34)15-19(31-22)14-18-7-8-25(24(16-28)30-18)36-20-9-11-35-12-10-20/h3-8,15,20H,9-14H2,1-2H3,(H,31,32). The predicted molar refractivity (Wildman–Crippen MR) is 140 cm³/mol. The molecule has 5 rings (SSSR count). The van der Waals surface area contributed by atoms with Gasteiger partial charge in [0.1, 0.15) is 17.9 Å². The SMILES string of the molecule is CC1=Nc2c(Nc3ccccc3S(C)(=O)=O)cc(Cc3ccc(OC4CCOCC4)c(C#N)n3)nc2C1. The number of anilines is 2. The first-order valence-corrected chi connectivity index (χ1v) is 14.0. The molecule has 0 aliphatic carbocycles. The molecule has 1 saturated heterocycles. The smallest absolute Gasteiger partial charge is 0.182 e. The fourth-order valence-electron chi connectivity index (χ4n) is 4.51. The van der Waals surface area contributed by atoms with Gasteiger partial charge in [0.15, 0.2) is 21.3 Å². The number of para-hydroxylation sites is 1. The average Bonchev–Trinajstić information content (AvgIpc) is 3.25. The summed E-state index contributed by atoms with van der Waals surface area (Å²) in [5.74, 6) is 0.476. The maximum absolute atomic E-state index is 12.3. The lowest BCUT2D eigenvalue weighted by molar-refractivity contribution is 0.0253. The Labute approximate surface area is 216 Å². The lowest BCUT2D eigenvalue weighted by atomic mass is 10.1. The van der Waals surface area contributed by atoms with Gasteiger partial charge in [-0.05, 0) is 37.3 Å². The Morgan fingerprint density at radius 2 is 1.89 bits per heavy atom. The third kappa shape index (κ3) is 5.63. The third-order valence-corrected chi connectivity index (χ3v) is 7.40. The molecule has 9 nitrogen and oxygen atoms in total. The summed E-state index contributed by atoms with van der Waals surface area (Å²) in [5, 5.41) is 13.0. The summed E-state index contributed by atoms with van der Waals surface area (Å²) < 4.78 is 36.0. The van der Waals surface area contributed by atoms with E-state index in [1.165, 1.54) is 6.26 Å². The lowest BCUT2D eigenvalue weighted by Gasteiger charge is -2.23. The predicted octanol–water partition coefficient (Wildman–Crippen LogP) is 4.29. The zero-order valence-corrected chi connectivity index (χ0v) is 21.5. The highest BCUT2D eigenvalue weighted by Gasteiger charge is 2.22. The fourth-order valence-corrected chi connectivity index (χ4v) is 5.36. The normalized spacial score (nSPS) is 15.5. The number of nitrogens with one attached hydrogen (secondary N) is 1. The largest absolute Gasteiger partial charge is 0.487 e. The summed E-state index contributed by atoms with van der Waals surface area (Å²) in [6.07, 6.45) is 3.77. The Morgan fingerprint density at radius 1 is 1.11 bits per heavy atom. The summed E-state index contributed by atoms with van der Waals surface area (Å²) in [7, 11) is -3.43. The molecule has 10 heteroatoms. The molecule has 0 radical (unpaired) electrons. The number of rotatable bonds is 7. The summed E-state index contributed by atoms with van der Waals surface area (Å²) in [6.45, 7) is 3.24. The maximum atomic E-state index is 12.3. The number of aliphatic imine (C=N–C) groups is 1. The Morgan fingerprint density at radius 3 is 2.65 bits per heavy atom. The number of benzene rings is 1. The van der Waals surface area contributed by atoms with Gasteiger partial charge in [0.05, 0.1) is 35.2 Å². The molecule has 2 aromatic heterocycles. The van der Waals surface area contributed by atoms with Gasteiger partial charge in [0.25, 0.3) is 0 Å². The monoisotopic (exact) mass is 517 g/mol. The van der Waals surface area contributed by atoms with E-state index in [2.05, 4.69) is 21.4 Å². The van der Waals surface area contributed by atoms with Crippen molar-refractivity contribution in [2.75, 3.05) is 24.8 Å². The quantitative estimate of drug-likeness (QED) is 0.492. The van der Waals surface area contributed by atoms with Gasteiger partial charge < -0.3 is 14.8 Å². The molecule has 2 aliphatic heterocycles. The molecular formula is C27H27N5O4S. The second-order valence-corrected chi connectivity index (χ2v) is 11.2. The van der Waals surface area contributed by atoms with Crippen LogP contribution in [0.5, 0.6) is 5.75 Å². The number of aromatic nitrogens is 2. The summed E-state index contributed by atoms with van der Waals surface area (Å²) in [5.41, 5.74) is 5.25. The van der Waals surface area contributed by atoms with Gasteiger partial charge in [-0.25, -0.2) is 13.4 Å². The number of nitriles is 1. The van der Waals surface area contributed by atoms with Gasteiger partial charge >= 0.3 is 0 Å². The van der Waals surface area contributed by atoms with Crippen LogP contribution in [-0.4, -0.2) is 49.7 Å². The zero-order valence-electron chi connectivity index (χ0n) is 20.7. The Kier molecular flexibility index (Phi) is 6.91. The highest BCUT2D eigenvalue weighted by atomic mass is 32.2. The van der Waals surface area contributed by atoms with Crippen molar-refractivity contribution in [2.24, 2.45) is 4.99 Å². The molecule has 0 bridgehead atoms. The van der Waals surface area contributed by atoms with Gasteiger partial charge in [-0.1, -0.05) is 12.1 Å². The van der Waals surface area contributed by atoms with Gasteiger partial charge in [-0.15, -0.1) is 0 Å². The van der Waals surface area contributed by atoms with Crippen LogP contribution in [0.4, 0.5) is 17.1 Å². The Bertz CT molecular complexity index is 1520. The van der Waals surface area contributed by atoms with Crippen molar-refractivity contribution in [3.63, 3.8) is 0 Å². The summed E-state index contributed by atoms with van der Waals surface area (Å²) in [6, 6.07) is 14.4. The molecule has 1 aromatic carbocycles. The number of pyridine rings is 2. The molecule has 1 fully saturated rings. The highest BCUT2D eigenvalue weighted by Crippen LogP contribution is 2.37. The molecule has 3 aromatic rings. The molecule has 2 aliphatic rings. The summed E-state index contributed by atoms with van der Waals surface area (Å²) in [4.78, 5) is 14.2. The fraction of sp³-hybridized carbons (Fsp3) is 0.333. The van der Waals surface area contributed by atoms with Crippen LogP contribution in [0, 0.1) is 11.3 Å². The van der Waals surface area contributed by atoms with Gasteiger partial charge in [-0.3, -0.25) is 9.98 Å². The highest BCUT2D eigenvalue weighted by molar-refractivity contribution is 7.90. The first-order valence-electron chi connectivity index (χ1n) is 12.1. The molecule has 37 heavy (non-hydrogen) atoms. The number of hydrogen-bond acceptors (Lipinski definition) is 9. The minimum Gasteiger partial charge on any atom is -0.487 e. The van der Waals surface area contributed by atoms with E-state index in [1.54, 1.807) is 30.3 Å². The van der Waals surface area contributed by atoms with E-state index in [9.17, 15) is 13.7 Å². The first-order chi connectivity index (χ1) is 17.8. The van der Waals surface area contributed by atoms with Crippen molar-refractivity contribution >= 4 is 32.6 Å². The van der Waals surface area contributed by atoms with Gasteiger partial charge in [0.2, 0.25) is 0 Å². The maximum Gasteiger partial charge on any atom is 0.182 e. The van der Waals surface area contributed by atoms with E-state index >= 15 is 0 Å². The number of ether oxygens (including phenoxy) is 2. The molecule has 4 heterocycles. The van der Waals surface area contributed by atoms with Crippen molar-refractivity contribution < 1.29 is 17.9 Å². The van der Waals surface area contributed by atoms with E-state index in [-0.39, 0.29) is 16.7 Å². The number of nitrogens with zero attached hydrogens (tertiary/aromatic N) is 4. The van der Waals surface area contributed by atoms with Gasteiger partial charge in [-0.2, -0.15) is 5.26 Å². The summed E-state index contributed by atoms with van der Waals surface area (Å²) >= 11 is 0. The van der Waals surface area contributed by atoms with Crippen molar-refractivity contribution in [2.45, 2.75) is 43.6 Å². The average molecular weight is 518 g/mol. The van der Waals surface area contributed by atoms with Crippen molar-refractivity contribution in [3.8, 4) is 11.8 Å². The minimum absolute atomic E-state index is 0.0126. The van der Waals surface area contributed by atoms with Crippen molar-refractivity contribution in [1.82, 2.24) is 9.97 Å². The first kappa shape index (κ1) is 24.9. The van der Waals surface area contributed by atoms with Crippen LogP contribution in [0.15, 0.2) is 52.4 Å². The molecule has 0 spiro atoms. The Hall–Kier alpha value is -3.81. The molecule has 0 saturated carbocycles. The number of fused-ring (bicyclic) bond motifs is 1. The molecule has 1 N–H and O–H groups in total. The molecule has 190 valence electrons. The van der Waals surface area contributed by atoms with Crippen LogP contribution in [0.1, 0.15) is 42.5 Å². The van der Waals surface area contributed by atoms with E-state index in [1.807, 2.05) is 19.1 Å². The van der Waals surface area contributed by atoms with Crippen LogP contribution in [0.25, 0.3) is 0 Å². The van der Waals surface area contributed by atoms with Gasteiger partial charge in [0, 0.05) is 49.0 Å². The van der Waals surface area contributed by atoms with Crippen LogP contribution >= 0.6 is 0 Å². The molecule has 0 atom stereocenters. The second-order valence-electron chi connectivity index (χ2n) is 9.24. The van der Waals surface area contributed by atoms with E-state index in [0.717, 1.165) is 29.9 Å². The number of sulfone groups is 1. The molecular weight excluding hydrogens is 490 g/mol. The van der Waals surface area contributed by atoms with E-state index in [4.69, 9.17) is 14.5 Å². The van der Waals surface area contributed by atoms with Crippen molar-refractivity contribution in [1.29, 1.82) is 5.26 Å². The number of hydrogen-bond donors (Lipinski definition) is 1. The topological polar surface area (TPSA) is 127 Å². The van der Waals surface area contributed by atoms with E-state index < -0.39 is 9.84 Å². The van der Waals surface area contributed by atoms with Crippen molar-refractivity contribution in [3.05, 3.63) is 65.2 Å². The Balaban J connectivity index is 1.44. The van der Waals surface area contributed by atoms with Crippen LogP contribution in [-0.2, 0) is 27.4 Å². The van der Waals surface area contributed by atoms with E-state index in [0.29, 0.717) is 54.6 Å². The van der Waals surface area contributed by atoms with Crippen LogP contribution < -0.4 is 10.1 Å². The lowest BCUT2D eigenvalue weighted by Crippen LogP contribution is -2.26. The minimum atomic E-state index is -3.43. The third-order valence-electron chi connectivity index (χ3n) is 6.25. The zero-order chi connectivity index (χ0) is 26.0. The second kappa shape index (κ2) is 10.3. The van der Waals surface area contributed by atoms with Crippen LogP contribution in [0.2, 0.25) is 0 Å². The van der Waals surface area contributed by atoms with Crippen LogP contribution in [0.3, 0.4) is 0 Å². The molecule has 0 unspecified atom stereocenters. The molecule has 0 amide bonds.